The first-order chi connectivity index (χ1) is 12.1. The van der Waals surface area contributed by atoms with Gasteiger partial charge in [0.05, 0.1) is 18.3 Å². The summed E-state index contributed by atoms with van der Waals surface area (Å²) in [5, 5.41) is 8.96. The van der Waals surface area contributed by atoms with E-state index in [-0.39, 0.29) is 12.5 Å². The van der Waals surface area contributed by atoms with Crippen molar-refractivity contribution < 1.29 is 22.8 Å². The lowest BCUT2D eigenvalue weighted by Gasteiger charge is -2.18. The molecule has 0 radical (unpaired) electrons. The molecule has 0 aliphatic rings. The van der Waals surface area contributed by atoms with Gasteiger partial charge in [-0.1, -0.05) is 0 Å². The van der Waals surface area contributed by atoms with Crippen molar-refractivity contribution in [3.05, 3.63) is 36.7 Å². The zero-order chi connectivity index (χ0) is 19.3. The second kappa shape index (κ2) is 7.89. The summed E-state index contributed by atoms with van der Waals surface area (Å²) in [6.45, 7) is 1.07. The third-order valence-corrected chi connectivity index (χ3v) is 3.39. The zero-order valence-electron chi connectivity index (χ0n) is 14.2. The topological polar surface area (TPSA) is 79.3 Å². The Morgan fingerprint density at radius 2 is 1.81 bits per heavy atom. The van der Waals surface area contributed by atoms with Gasteiger partial charge in [0, 0.05) is 38.1 Å². The van der Waals surface area contributed by atoms with Gasteiger partial charge in [-0.3, -0.25) is 14.4 Å². The minimum atomic E-state index is -4.26. The van der Waals surface area contributed by atoms with Crippen LogP contribution in [0.3, 0.4) is 0 Å². The molecule has 1 heterocycles. The van der Waals surface area contributed by atoms with Crippen LogP contribution in [0.25, 0.3) is 0 Å². The molecular formula is C16H18F3N5O2. The van der Waals surface area contributed by atoms with Crippen LogP contribution in [-0.4, -0.2) is 34.9 Å². The van der Waals surface area contributed by atoms with Crippen LogP contribution >= 0.6 is 0 Å². The van der Waals surface area contributed by atoms with E-state index in [1.54, 1.807) is 24.3 Å². The number of hydrogen-bond donors (Lipinski definition) is 2. The summed E-state index contributed by atoms with van der Waals surface area (Å²) in [5.41, 5.74) is 1.46. The van der Waals surface area contributed by atoms with Crippen LogP contribution in [0.1, 0.15) is 13.3 Å². The average molecular weight is 369 g/mol. The monoisotopic (exact) mass is 369 g/mol. The average Bonchev–Trinajstić information content (AvgIpc) is 2.99. The minimum absolute atomic E-state index is 0.202. The smallest absolute Gasteiger partial charge is 0.326 e. The van der Waals surface area contributed by atoms with Crippen LogP contribution in [-0.2, 0) is 11.3 Å². The lowest BCUT2D eigenvalue weighted by molar-refractivity contribution is -0.137. The highest BCUT2D eigenvalue weighted by atomic mass is 19.4. The van der Waals surface area contributed by atoms with E-state index >= 15 is 0 Å². The number of hydrogen-bond acceptors (Lipinski definition) is 3. The SMILES string of the molecule is CC(=O)Nc1ccc(N(C)C(=O)Nc2cnn(CCC(F)(F)F)c2)cc1. The summed E-state index contributed by atoms with van der Waals surface area (Å²) in [6.07, 6.45) is -2.65. The largest absolute Gasteiger partial charge is 0.390 e. The van der Waals surface area contributed by atoms with Crippen molar-refractivity contribution in [2.45, 2.75) is 26.1 Å². The van der Waals surface area contributed by atoms with Gasteiger partial charge in [-0.05, 0) is 24.3 Å². The van der Waals surface area contributed by atoms with E-state index in [0.717, 1.165) is 4.68 Å². The number of nitrogens with zero attached hydrogens (tertiary/aromatic N) is 3. The summed E-state index contributed by atoms with van der Waals surface area (Å²) >= 11 is 0. The summed E-state index contributed by atoms with van der Waals surface area (Å²) in [5.74, 6) is -0.202. The first-order valence-corrected chi connectivity index (χ1v) is 7.65. The molecule has 1 aromatic heterocycles. The Balaban J connectivity index is 1.94. The number of nitrogens with one attached hydrogen (secondary N) is 2. The molecule has 0 aliphatic carbocycles. The number of benzene rings is 1. The quantitative estimate of drug-likeness (QED) is 0.847. The maximum absolute atomic E-state index is 12.2. The molecule has 1 aromatic carbocycles. The highest BCUT2D eigenvalue weighted by Crippen LogP contribution is 2.21. The molecule has 0 saturated carbocycles. The number of alkyl halides is 3. The molecule has 0 atom stereocenters. The first-order valence-electron chi connectivity index (χ1n) is 7.65. The molecule has 7 nitrogen and oxygen atoms in total. The fourth-order valence-corrected chi connectivity index (χ4v) is 2.09. The molecular weight excluding hydrogens is 351 g/mol. The number of urea groups is 1. The Morgan fingerprint density at radius 3 is 2.38 bits per heavy atom. The van der Waals surface area contributed by atoms with Crippen molar-refractivity contribution in [1.29, 1.82) is 0 Å². The molecule has 0 saturated heterocycles. The summed E-state index contributed by atoms with van der Waals surface area (Å²) in [4.78, 5) is 24.5. The molecule has 0 fully saturated rings. The minimum Gasteiger partial charge on any atom is -0.326 e. The first kappa shape index (κ1) is 19.3. The van der Waals surface area contributed by atoms with E-state index in [1.165, 1.54) is 31.3 Å². The van der Waals surface area contributed by atoms with E-state index < -0.39 is 18.6 Å². The molecule has 2 aromatic rings. The lowest BCUT2D eigenvalue weighted by Crippen LogP contribution is -2.31. The number of rotatable bonds is 5. The standard InChI is InChI=1S/C16H18F3N5O2/c1-11(25)21-12-3-5-14(6-4-12)23(2)15(26)22-13-9-20-24(10-13)8-7-16(17,18)19/h3-6,9-10H,7-8H2,1-2H3,(H,21,25)(H,22,26). The van der Waals surface area contributed by atoms with Gasteiger partial charge >= 0.3 is 12.2 Å². The molecule has 26 heavy (non-hydrogen) atoms. The second-order valence-electron chi connectivity index (χ2n) is 5.57. The van der Waals surface area contributed by atoms with Crippen molar-refractivity contribution >= 4 is 29.0 Å². The van der Waals surface area contributed by atoms with Crippen LogP contribution in [0, 0.1) is 0 Å². The summed E-state index contributed by atoms with van der Waals surface area (Å²) in [7, 11) is 1.54. The van der Waals surface area contributed by atoms with Crippen molar-refractivity contribution in [2.75, 3.05) is 22.6 Å². The molecule has 0 spiro atoms. The van der Waals surface area contributed by atoms with E-state index in [0.29, 0.717) is 17.1 Å². The normalized spacial score (nSPS) is 11.1. The van der Waals surface area contributed by atoms with E-state index in [4.69, 9.17) is 0 Å². The van der Waals surface area contributed by atoms with Gasteiger partial charge in [-0.25, -0.2) is 4.79 Å². The number of carbonyl (C=O) groups excluding carboxylic acids is 2. The van der Waals surface area contributed by atoms with Gasteiger partial charge in [0.25, 0.3) is 0 Å². The molecule has 0 unspecified atom stereocenters. The summed E-state index contributed by atoms with van der Waals surface area (Å²) < 4.78 is 37.7. The van der Waals surface area contributed by atoms with Crippen LogP contribution in [0.4, 0.5) is 35.0 Å². The lowest BCUT2D eigenvalue weighted by atomic mass is 10.2. The van der Waals surface area contributed by atoms with Gasteiger partial charge in [0.1, 0.15) is 0 Å². The fraction of sp³-hybridized carbons (Fsp3) is 0.312. The van der Waals surface area contributed by atoms with E-state index in [2.05, 4.69) is 15.7 Å². The second-order valence-corrected chi connectivity index (χ2v) is 5.57. The Kier molecular flexibility index (Phi) is 5.86. The molecule has 140 valence electrons. The number of amides is 3. The van der Waals surface area contributed by atoms with Crippen LogP contribution in [0.15, 0.2) is 36.7 Å². The van der Waals surface area contributed by atoms with Crippen LogP contribution in [0.2, 0.25) is 0 Å². The van der Waals surface area contributed by atoms with Gasteiger partial charge in [0.2, 0.25) is 5.91 Å². The van der Waals surface area contributed by atoms with Crippen LogP contribution in [0.5, 0.6) is 0 Å². The van der Waals surface area contributed by atoms with Crippen molar-refractivity contribution in [2.24, 2.45) is 0 Å². The highest BCUT2D eigenvalue weighted by molar-refractivity contribution is 6.01. The molecule has 3 amide bonds. The van der Waals surface area contributed by atoms with Gasteiger partial charge in [0.15, 0.2) is 0 Å². The van der Waals surface area contributed by atoms with E-state index in [9.17, 15) is 22.8 Å². The fourth-order valence-electron chi connectivity index (χ4n) is 2.09. The zero-order valence-corrected chi connectivity index (χ0v) is 14.2. The number of aryl methyl sites for hydroxylation is 1. The highest BCUT2D eigenvalue weighted by Gasteiger charge is 2.26. The van der Waals surface area contributed by atoms with Crippen molar-refractivity contribution in [3.8, 4) is 0 Å². The van der Waals surface area contributed by atoms with Crippen molar-refractivity contribution in [1.82, 2.24) is 9.78 Å². The molecule has 2 rings (SSSR count). The maximum atomic E-state index is 12.2. The van der Waals surface area contributed by atoms with Gasteiger partial charge < -0.3 is 10.6 Å². The predicted octanol–water partition coefficient (Wildman–Crippen LogP) is 3.46. The molecule has 2 N–H and O–H groups in total. The number of aromatic nitrogens is 2. The molecule has 0 bridgehead atoms. The Labute approximate surface area is 147 Å². The number of anilines is 3. The number of carbonyl (C=O) groups is 2. The number of halogens is 3. The van der Waals surface area contributed by atoms with E-state index in [1.807, 2.05) is 0 Å². The summed E-state index contributed by atoms with van der Waals surface area (Å²) in [6, 6.07) is 6.12. The Morgan fingerprint density at radius 1 is 1.15 bits per heavy atom. The molecule has 10 heteroatoms. The molecule has 0 aliphatic heterocycles. The Hall–Kier alpha value is -3.04. The maximum Gasteiger partial charge on any atom is 0.390 e. The third kappa shape index (κ3) is 5.80. The third-order valence-electron chi connectivity index (χ3n) is 3.39. The van der Waals surface area contributed by atoms with Crippen molar-refractivity contribution in [3.63, 3.8) is 0 Å². The Bertz CT molecular complexity index is 771. The van der Waals surface area contributed by atoms with Crippen LogP contribution < -0.4 is 15.5 Å². The van der Waals surface area contributed by atoms with Gasteiger partial charge in [-0.2, -0.15) is 18.3 Å². The predicted molar refractivity (Wildman–Crippen MR) is 91.1 cm³/mol. The van der Waals surface area contributed by atoms with Gasteiger partial charge in [-0.15, -0.1) is 0 Å².